The summed E-state index contributed by atoms with van der Waals surface area (Å²) in [6.45, 7) is 0. The van der Waals surface area contributed by atoms with Crippen molar-refractivity contribution in [1.29, 1.82) is 0 Å². The first-order valence-electron chi connectivity index (χ1n) is 6.08. The minimum atomic E-state index is -4.67. The molecule has 0 saturated carbocycles. The van der Waals surface area contributed by atoms with Crippen LogP contribution in [-0.2, 0) is 5.41 Å². The van der Waals surface area contributed by atoms with Gasteiger partial charge in [-0.1, -0.05) is 45.4 Å². The van der Waals surface area contributed by atoms with Crippen LogP contribution < -0.4 is 5.73 Å². The monoisotopic (exact) mass is 378 g/mol. The average molecular weight is 379 g/mol. The van der Waals surface area contributed by atoms with Crippen molar-refractivity contribution < 1.29 is 22.8 Å². The summed E-state index contributed by atoms with van der Waals surface area (Å²) in [6.07, 6.45) is -4.67. The first-order chi connectivity index (χ1) is 10.2. The molecule has 0 aliphatic heterocycles. The smallest absolute Gasteiger partial charge is 0.409 e. The second-order valence-electron chi connectivity index (χ2n) is 4.72. The normalized spacial score (nSPS) is 26.0. The molecule has 8 heteroatoms. The molecule has 0 spiro atoms. The lowest BCUT2D eigenvalue weighted by atomic mass is 9.72. The predicted molar refractivity (Wildman–Crippen MR) is 77.4 cm³/mol. The topological polar surface area (TPSA) is 58.6 Å². The van der Waals surface area contributed by atoms with Gasteiger partial charge in [0.05, 0.1) is 5.57 Å². The molecule has 3 nitrogen and oxygen atoms in total. The number of hydrogen-bond acceptors (Lipinski definition) is 2. The van der Waals surface area contributed by atoms with Crippen molar-refractivity contribution in [2.75, 3.05) is 0 Å². The number of allylic oxidation sites excluding steroid dienone is 3. The second-order valence-corrected chi connectivity index (χ2v) is 5.63. The molecule has 1 aliphatic carbocycles. The number of nitrogens with two attached hydrogens (primary N) is 1. The fraction of sp³-hybridized carbons (Fsp3) is 0.214. The maximum absolute atomic E-state index is 14.6. The summed E-state index contributed by atoms with van der Waals surface area (Å²) in [7, 11) is 0. The van der Waals surface area contributed by atoms with Gasteiger partial charge >= 0.3 is 6.18 Å². The standard InChI is InChI=1S/C14H11BrF4N2O/c15-10-3-1-8(2-4-10)13(12(20)21-22)6-5-9(7-11(13)16)14(17,18)19/h1-7,11,22H,(H2,20,21). The van der Waals surface area contributed by atoms with Gasteiger partial charge in [-0.3, -0.25) is 0 Å². The third-order valence-corrected chi connectivity index (χ3v) is 4.00. The van der Waals surface area contributed by atoms with Crippen molar-refractivity contribution in [2.45, 2.75) is 17.8 Å². The zero-order chi connectivity index (χ0) is 16.5. The van der Waals surface area contributed by atoms with Crippen molar-refractivity contribution in [3.63, 3.8) is 0 Å². The van der Waals surface area contributed by atoms with Gasteiger partial charge < -0.3 is 10.9 Å². The van der Waals surface area contributed by atoms with Crippen LogP contribution in [-0.4, -0.2) is 23.4 Å². The molecule has 0 amide bonds. The molecular weight excluding hydrogens is 368 g/mol. The largest absolute Gasteiger partial charge is 0.416 e. The first-order valence-corrected chi connectivity index (χ1v) is 6.87. The van der Waals surface area contributed by atoms with E-state index in [0.717, 1.165) is 12.2 Å². The van der Waals surface area contributed by atoms with Gasteiger partial charge in [0.15, 0.2) is 5.84 Å². The maximum Gasteiger partial charge on any atom is 0.416 e. The average Bonchev–Trinajstić information content (AvgIpc) is 2.46. The highest BCUT2D eigenvalue weighted by atomic mass is 79.9. The Balaban J connectivity index is 2.58. The third kappa shape index (κ3) is 2.75. The number of hydrogen-bond donors (Lipinski definition) is 2. The van der Waals surface area contributed by atoms with Gasteiger partial charge in [0.2, 0.25) is 0 Å². The molecule has 0 fully saturated rings. The van der Waals surface area contributed by atoms with Crippen LogP contribution in [0.3, 0.4) is 0 Å². The van der Waals surface area contributed by atoms with E-state index in [1.807, 2.05) is 0 Å². The summed E-state index contributed by atoms with van der Waals surface area (Å²) in [4.78, 5) is 0. The molecular formula is C14H11BrF4N2O. The van der Waals surface area contributed by atoms with Gasteiger partial charge in [-0.2, -0.15) is 13.2 Å². The zero-order valence-corrected chi connectivity index (χ0v) is 12.6. The van der Waals surface area contributed by atoms with Crippen LogP contribution in [0.4, 0.5) is 17.6 Å². The van der Waals surface area contributed by atoms with Gasteiger partial charge in [-0.05, 0) is 23.8 Å². The minimum absolute atomic E-state index is 0.271. The Bertz CT molecular complexity index is 652. The molecule has 1 aliphatic rings. The number of oxime groups is 1. The fourth-order valence-corrected chi connectivity index (χ4v) is 2.55. The summed E-state index contributed by atoms with van der Waals surface area (Å²) in [5, 5.41) is 11.7. The third-order valence-electron chi connectivity index (χ3n) is 3.47. The van der Waals surface area contributed by atoms with E-state index in [2.05, 4.69) is 21.1 Å². The number of amidine groups is 1. The lowest BCUT2D eigenvalue weighted by molar-refractivity contribution is -0.0892. The molecule has 1 aromatic carbocycles. The molecule has 118 valence electrons. The fourth-order valence-electron chi connectivity index (χ4n) is 2.29. The Morgan fingerprint density at radius 3 is 2.32 bits per heavy atom. The van der Waals surface area contributed by atoms with Crippen LogP contribution in [0.1, 0.15) is 5.56 Å². The van der Waals surface area contributed by atoms with E-state index >= 15 is 0 Å². The molecule has 0 radical (unpaired) electrons. The molecule has 0 saturated heterocycles. The number of halogens is 5. The SMILES string of the molecule is NC(=NO)C1(c2ccc(Br)cc2)C=CC(C(F)(F)F)=CC1F. The van der Waals surface area contributed by atoms with E-state index in [9.17, 15) is 17.6 Å². The highest BCUT2D eigenvalue weighted by Crippen LogP contribution is 2.40. The summed E-state index contributed by atoms with van der Waals surface area (Å²) in [5.41, 5.74) is 2.95. The minimum Gasteiger partial charge on any atom is -0.409 e. The first kappa shape index (κ1) is 16.5. The molecule has 2 atom stereocenters. The van der Waals surface area contributed by atoms with E-state index in [0.29, 0.717) is 10.5 Å². The summed E-state index contributed by atoms with van der Waals surface area (Å²) in [5.74, 6) is -0.531. The highest BCUT2D eigenvalue weighted by molar-refractivity contribution is 9.10. The van der Waals surface area contributed by atoms with Crippen molar-refractivity contribution >= 4 is 21.8 Å². The number of alkyl halides is 4. The van der Waals surface area contributed by atoms with E-state index < -0.39 is 29.2 Å². The van der Waals surface area contributed by atoms with Crippen LogP contribution >= 0.6 is 15.9 Å². The van der Waals surface area contributed by atoms with Crippen molar-refractivity contribution in [3.05, 3.63) is 58.1 Å². The van der Waals surface area contributed by atoms with Gasteiger partial charge in [0, 0.05) is 4.47 Å². The van der Waals surface area contributed by atoms with Crippen LogP contribution in [0, 0.1) is 0 Å². The van der Waals surface area contributed by atoms with E-state index in [4.69, 9.17) is 10.9 Å². The van der Waals surface area contributed by atoms with Gasteiger partial charge in [0.1, 0.15) is 11.6 Å². The molecule has 0 bridgehead atoms. The maximum atomic E-state index is 14.6. The Labute approximate surface area is 131 Å². The summed E-state index contributed by atoms with van der Waals surface area (Å²) >= 11 is 3.21. The van der Waals surface area contributed by atoms with Crippen LogP contribution in [0.5, 0.6) is 0 Å². The zero-order valence-electron chi connectivity index (χ0n) is 11.0. The van der Waals surface area contributed by atoms with Crippen LogP contribution in [0.25, 0.3) is 0 Å². The molecule has 2 unspecified atom stereocenters. The molecule has 1 aromatic rings. The summed E-state index contributed by atoms with van der Waals surface area (Å²) < 4.78 is 53.4. The lowest BCUT2D eigenvalue weighted by Gasteiger charge is -2.34. The number of benzene rings is 1. The highest BCUT2D eigenvalue weighted by Gasteiger charge is 2.47. The van der Waals surface area contributed by atoms with Crippen molar-refractivity contribution in [1.82, 2.24) is 0 Å². The summed E-state index contributed by atoms with van der Waals surface area (Å²) in [6, 6.07) is 6.16. The second kappa shape index (κ2) is 5.75. The van der Waals surface area contributed by atoms with Gasteiger partial charge in [-0.15, -0.1) is 0 Å². The molecule has 3 N–H and O–H groups in total. The molecule has 2 rings (SSSR count). The van der Waals surface area contributed by atoms with Gasteiger partial charge in [0.25, 0.3) is 0 Å². The molecule has 22 heavy (non-hydrogen) atoms. The van der Waals surface area contributed by atoms with Gasteiger partial charge in [-0.25, -0.2) is 4.39 Å². The molecule has 0 aromatic heterocycles. The lowest BCUT2D eigenvalue weighted by Crippen LogP contribution is -2.48. The Hall–Kier alpha value is -1.83. The Morgan fingerprint density at radius 1 is 1.27 bits per heavy atom. The van der Waals surface area contributed by atoms with Crippen LogP contribution in [0.15, 0.2) is 57.7 Å². The quantitative estimate of drug-likeness (QED) is 0.270. The van der Waals surface area contributed by atoms with Crippen molar-refractivity contribution in [3.8, 4) is 0 Å². The Kier molecular flexibility index (Phi) is 4.32. The van der Waals surface area contributed by atoms with E-state index in [1.165, 1.54) is 12.1 Å². The molecule has 0 heterocycles. The number of nitrogens with zero attached hydrogens (tertiary/aromatic N) is 1. The Morgan fingerprint density at radius 2 is 1.86 bits per heavy atom. The van der Waals surface area contributed by atoms with Crippen molar-refractivity contribution in [2.24, 2.45) is 10.9 Å². The number of rotatable bonds is 2. The van der Waals surface area contributed by atoms with Crippen LogP contribution in [0.2, 0.25) is 0 Å². The predicted octanol–water partition coefficient (Wildman–Crippen LogP) is 3.83. The van der Waals surface area contributed by atoms with E-state index in [-0.39, 0.29) is 5.56 Å². The van der Waals surface area contributed by atoms with E-state index in [1.54, 1.807) is 12.1 Å².